The highest BCUT2D eigenvalue weighted by molar-refractivity contribution is 5.79. The third-order valence-corrected chi connectivity index (χ3v) is 4.58. The van der Waals surface area contributed by atoms with Gasteiger partial charge in [-0.3, -0.25) is 4.99 Å². The van der Waals surface area contributed by atoms with Crippen LogP contribution in [0.25, 0.3) is 0 Å². The monoisotopic (exact) mass is 401 g/mol. The van der Waals surface area contributed by atoms with E-state index in [1.54, 1.807) is 7.05 Å². The standard InChI is InChI=1S/C22H35N5O2/c1-5-6-7-8-14-28-20-15-17(2)11-12-19(20)16-25-22(23-4)24-13-9-10-21-26-18(3)27-29-21/h11-12,15H,5-10,13-14,16H2,1-4H3,(H2,23,24,25). The molecule has 0 unspecified atom stereocenters. The molecule has 0 saturated carbocycles. The molecule has 2 N–H and O–H groups in total. The van der Waals surface area contributed by atoms with Gasteiger partial charge in [0, 0.05) is 32.1 Å². The second kappa shape index (κ2) is 12.8. The molecule has 2 rings (SSSR count). The quantitative estimate of drug-likeness (QED) is 0.318. The minimum Gasteiger partial charge on any atom is -0.493 e. The Morgan fingerprint density at radius 1 is 1.14 bits per heavy atom. The maximum atomic E-state index is 6.06. The molecule has 7 nitrogen and oxygen atoms in total. The summed E-state index contributed by atoms with van der Waals surface area (Å²) < 4.78 is 11.2. The van der Waals surface area contributed by atoms with E-state index in [4.69, 9.17) is 9.26 Å². The van der Waals surface area contributed by atoms with Gasteiger partial charge in [0.2, 0.25) is 5.89 Å². The largest absolute Gasteiger partial charge is 0.493 e. The third kappa shape index (κ3) is 8.54. The molecule has 0 aliphatic carbocycles. The molecule has 0 atom stereocenters. The summed E-state index contributed by atoms with van der Waals surface area (Å²) in [4.78, 5) is 8.51. The molecule has 1 aromatic carbocycles. The zero-order valence-corrected chi connectivity index (χ0v) is 18.3. The number of nitrogens with zero attached hydrogens (tertiary/aromatic N) is 3. The van der Waals surface area contributed by atoms with E-state index in [1.807, 2.05) is 6.92 Å². The average molecular weight is 402 g/mol. The normalized spacial score (nSPS) is 11.5. The topological polar surface area (TPSA) is 84.6 Å². The van der Waals surface area contributed by atoms with E-state index in [0.717, 1.165) is 49.7 Å². The molecule has 2 aromatic rings. The number of hydrogen-bond donors (Lipinski definition) is 2. The molecule has 0 fully saturated rings. The van der Waals surface area contributed by atoms with E-state index < -0.39 is 0 Å². The predicted molar refractivity (Wildman–Crippen MR) is 116 cm³/mol. The van der Waals surface area contributed by atoms with E-state index >= 15 is 0 Å². The van der Waals surface area contributed by atoms with E-state index in [-0.39, 0.29) is 0 Å². The van der Waals surface area contributed by atoms with Crippen molar-refractivity contribution in [3.63, 3.8) is 0 Å². The number of aromatic nitrogens is 2. The van der Waals surface area contributed by atoms with Crippen molar-refractivity contribution >= 4 is 5.96 Å². The average Bonchev–Trinajstić information content (AvgIpc) is 3.13. The lowest BCUT2D eigenvalue weighted by atomic mass is 10.1. The first-order valence-corrected chi connectivity index (χ1v) is 10.6. The molecule has 0 saturated heterocycles. The van der Waals surface area contributed by atoms with Crippen LogP contribution in [0.15, 0.2) is 27.7 Å². The van der Waals surface area contributed by atoms with Crippen LogP contribution in [0.5, 0.6) is 5.75 Å². The van der Waals surface area contributed by atoms with Gasteiger partial charge in [-0.15, -0.1) is 0 Å². The van der Waals surface area contributed by atoms with Crippen LogP contribution in [0.1, 0.15) is 61.9 Å². The van der Waals surface area contributed by atoms with Crippen LogP contribution in [-0.2, 0) is 13.0 Å². The molecule has 7 heteroatoms. The number of aryl methyl sites for hydroxylation is 3. The minimum absolute atomic E-state index is 0.660. The molecule has 1 heterocycles. The summed E-state index contributed by atoms with van der Waals surface area (Å²) in [5.41, 5.74) is 2.34. The fraction of sp³-hybridized carbons (Fsp3) is 0.591. The highest BCUT2D eigenvalue weighted by Crippen LogP contribution is 2.21. The zero-order valence-electron chi connectivity index (χ0n) is 18.3. The summed E-state index contributed by atoms with van der Waals surface area (Å²) in [6, 6.07) is 6.35. The van der Waals surface area contributed by atoms with Gasteiger partial charge >= 0.3 is 0 Å². The SMILES string of the molecule is CCCCCCOc1cc(C)ccc1CNC(=NC)NCCCc1nc(C)no1. The van der Waals surface area contributed by atoms with E-state index in [0.29, 0.717) is 18.3 Å². The second-order valence-electron chi connectivity index (χ2n) is 7.21. The number of hydrogen-bond acceptors (Lipinski definition) is 5. The van der Waals surface area contributed by atoms with Crippen LogP contribution < -0.4 is 15.4 Å². The van der Waals surface area contributed by atoms with Gasteiger partial charge in [0.1, 0.15) is 5.75 Å². The van der Waals surface area contributed by atoms with Gasteiger partial charge in [-0.05, 0) is 38.3 Å². The molecular formula is C22H35N5O2. The summed E-state index contributed by atoms with van der Waals surface area (Å²) in [6.45, 7) is 8.33. The third-order valence-electron chi connectivity index (χ3n) is 4.58. The Hall–Kier alpha value is -2.57. The van der Waals surface area contributed by atoms with Gasteiger partial charge in [0.25, 0.3) is 0 Å². The summed E-state index contributed by atoms with van der Waals surface area (Å²) in [5.74, 6) is 3.07. The molecule has 0 bridgehead atoms. The number of nitrogens with one attached hydrogen (secondary N) is 2. The summed E-state index contributed by atoms with van der Waals surface area (Å²) in [5, 5.41) is 10.5. The molecule has 0 aliphatic rings. The highest BCUT2D eigenvalue weighted by atomic mass is 16.5. The fourth-order valence-corrected chi connectivity index (χ4v) is 2.94. The molecule has 0 spiro atoms. The zero-order chi connectivity index (χ0) is 20.9. The van der Waals surface area contributed by atoms with Gasteiger partial charge in [-0.25, -0.2) is 0 Å². The Morgan fingerprint density at radius 3 is 2.72 bits per heavy atom. The first kappa shape index (κ1) is 22.7. The summed E-state index contributed by atoms with van der Waals surface area (Å²) >= 11 is 0. The van der Waals surface area contributed by atoms with Gasteiger partial charge < -0.3 is 19.9 Å². The van der Waals surface area contributed by atoms with Crippen LogP contribution in [-0.4, -0.2) is 36.3 Å². The van der Waals surface area contributed by atoms with Gasteiger partial charge in [-0.1, -0.05) is 43.5 Å². The Labute approximate surface area is 174 Å². The summed E-state index contributed by atoms with van der Waals surface area (Å²) in [6.07, 6.45) is 6.45. The van der Waals surface area contributed by atoms with E-state index in [2.05, 4.69) is 57.8 Å². The van der Waals surface area contributed by atoms with E-state index in [9.17, 15) is 0 Å². The fourth-order valence-electron chi connectivity index (χ4n) is 2.94. The molecule has 0 aliphatic heterocycles. The van der Waals surface area contributed by atoms with Gasteiger partial charge in [0.05, 0.1) is 6.61 Å². The van der Waals surface area contributed by atoms with Crippen molar-refractivity contribution in [1.82, 2.24) is 20.8 Å². The molecule has 0 amide bonds. The van der Waals surface area contributed by atoms with Gasteiger partial charge in [0.15, 0.2) is 11.8 Å². The first-order chi connectivity index (χ1) is 14.1. The smallest absolute Gasteiger partial charge is 0.226 e. The molecule has 0 radical (unpaired) electrons. The lowest BCUT2D eigenvalue weighted by Gasteiger charge is -2.15. The van der Waals surface area contributed by atoms with Crippen LogP contribution in [0.4, 0.5) is 0 Å². The Morgan fingerprint density at radius 2 is 2.00 bits per heavy atom. The summed E-state index contributed by atoms with van der Waals surface area (Å²) in [7, 11) is 1.77. The molecular weight excluding hydrogens is 366 g/mol. The maximum absolute atomic E-state index is 6.06. The molecule has 29 heavy (non-hydrogen) atoms. The van der Waals surface area contributed by atoms with Crippen LogP contribution in [0, 0.1) is 13.8 Å². The highest BCUT2D eigenvalue weighted by Gasteiger charge is 2.07. The Balaban J connectivity index is 1.77. The number of ether oxygens (including phenoxy) is 1. The maximum Gasteiger partial charge on any atom is 0.226 e. The number of aliphatic imine (C=N–C) groups is 1. The van der Waals surface area contributed by atoms with Crippen LogP contribution in [0.2, 0.25) is 0 Å². The number of rotatable bonds is 12. The van der Waals surface area contributed by atoms with Gasteiger partial charge in [-0.2, -0.15) is 4.98 Å². The van der Waals surface area contributed by atoms with Crippen LogP contribution >= 0.6 is 0 Å². The van der Waals surface area contributed by atoms with Crippen molar-refractivity contribution in [3.8, 4) is 5.75 Å². The number of unbranched alkanes of at least 4 members (excludes halogenated alkanes) is 3. The Bertz CT molecular complexity index is 757. The van der Waals surface area contributed by atoms with Crippen LogP contribution in [0.3, 0.4) is 0 Å². The lowest BCUT2D eigenvalue weighted by Crippen LogP contribution is -2.37. The van der Waals surface area contributed by atoms with Crippen molar-refractivity contribution < 1.29 is 9.26 Å². The lowest BCUT2D eigenvalue weighted by molar-refractivity contribution is 0.301. The van der Waals surface area contributed by atoms with Crippen molar-refractivity contribution in [2.75, 3.05) is 20.2 Å². The molecule has 1 aromatic heterocycles. The van der Waals surface area contributed by atoms with Crippen molar-refractivity contribution in [2.45, 2.75) is 65.8 Å². The van der Waals surface area contributed by atoms with Crippen molar-refractivity contribution in [1.29, 1.82) is 0 Å². The second-order valence-corrected chi connectivity index (χ2v) is 7.21. The minimum atomic E-state index is 0.660. The van der Waals surface area contributed by atoms with Crippen molar-refractivity contribution in [2.24, 2.45) is 4.99 Å². The number of benzene rings is 1. The predicted octanol–water partition coefficient (Wildman–Crippen LogP) is 3.94. The van der Waals surface area contributed by atoms with E-state index in [1.165, 1.54) is 24.8 Å². The molecule has 160 valence electrons. The Kier molecular flexibility index (Phi) is 10.0. The first-order valence-electron chi connectivity index (χ1n) is 10.6. The number of guanidine groups is 1. The van der Waals surface area contributed by atoms with Crippen molar-refractivity contribution in [3.05, 3.63) is 41.0 Å².